The summed E-state index contributed by atoms with van der Waals surface area (Å²) in [5.74, 6) is -0.370. The Morgan fingerprint density at radius 3 is 2.68 bits per heavy atom. The molecule has 1 saturated heterocycles. The summed E-state index contributed by atoms with van der Waals surface area (Å²) in [6, 6.07) is -1.09. The number of nitrogens with one attached hydrogen (secondary N) is 1. The molecule has 1 fully saturated rings. The number of amides is 2. The van der Waals surface area contributed by atoms with E-state index in [1.54, 1.807) is 0 Å². The fourth-order valence-corrected chi connectivity index (χ4v) is 2.23. The van der Waals surface area contributed by atoms with E-state index < -0.39 is 12.0 Å². The lowest BCUT2D eigenvalue weighted by Crippen LogP contribution is -2.46. The maximum Gasteiger partial charge on any atom is 0.326 e. The van der Waals surface area contributed by atoms with Gasteiger partial charge in [-0.05, 0) is 18.8 Å². The molecule has 19 heavy (non-hydrogen) atoms. The molecule has 1 aliphatic heterocycles. The lowest BCUT2D eigenvalue weighted by molar-refractivity contribution is -0.141. The summed E-state index contributed by atoms with van der Waals surface area (Å²) in [7, 11) is 1.54. The van der Waals surface area contributed by atoms with Gasteiger partial charge in [-0.25, -0.2) is 9.59 Å². The fourth-order valence-electron chi connectivity index (χ4n) is 2.23. The Morgan fingerprint density at radius 2 is 2.16 bits per heavy atom. The Kier molecular flexibility index (Phi) is 6.08. The first-order chi connectivity index (χ1) is 8.95. The van der Waals surface area contributed by atoms with E-state index in [1.807, 2.05) is 0 Å². The molecule has 0 aromatic carbocycles. The third kappa shape index (κ3) is 4.70. The van der Waals surface area contributed by atoms with Crippen LogP contribution in [0.4, 0.5) is 4.79 Å². The van der Waals surface area contributed by atoms with Crippen LogP contribution in [0.1, 0.15) is 33.1 Å². The highest BCUT2D eigenvalue weighted by atomic mass is 16.5. The number of hydrogen-bond acceptors (Lipinski definition) is 3. The number of aliphatic carboxylic acids is 1. The van der Waals surface area contributed by atoms with Gasteiger partial charge in [-0.2, -0.15) is 0 Å². The van der Waals surface area contributed by atoms with Gasteiger partial charge in [-0.15, -0.1) is 0 Å². The summed E-state index contributed by atoms with van der Waals surface area (Å²) in [4.78, 5) is 24.4. The molecule has 0 spiro atoms. The number of carboxylic acid groups (broad SMARTS) is 1. The minimum absolute atomic E-state index is 0.192. The van der Waals surface area contributed by atoms with Crippen molar-refractivity contribution < 1.29 is 19.4 Å². The van der Waals surface area contributed by atoms with Crippen LogP contribution in [-0.4, -0.2) is 54.4 Å². The first-order valence-electron chi connectivity index (χ1n) is 6.75. The van der Waals surface area contributed by atoms with E-state index >= 15 is 0 Å². The smallest absolute Gasteiger partial charge is 0.326 e. The number of urea groups is 1. The topological polar surface area (TPSA) is 78.9 Å². The summed E-state index contributed by atoms with van der Waals surface area (Å²) in [6.45, 7) is 5.18. The minimum Gasteiger partial charge on any atom is -0.480 e. The van der Waals surface area contributed by atoms with Crippen molar-refractivity contribution in [1.82, 2.24) is 10.2 Å². The van der Waals surface area contributed by atoms with E-state index in [4.69, 9.17) is 9.84 Å². The maximum atomic E-state index is 12.0. The van der Waals surface area contributed by atoms with E-state index in [0.717, 1.165) is 12.8 Å². The van der Waals surface area contributed by atoms with Gasteiger partial charge in [0.15, 0.2) is 0 Å². The summed E-state index contributed by atoms with van der Waals surface area (Å²) in [6.07, 6.45) is 2.11. The van der Waals surface area contributed by atoms with E-state index in [-0.39, 0.29) is 12.1 Å². The van der Waals surface area contributed by atoms with Crippen molar-refractivity contribution in [3.63, 3.8) is 0 Å². The molecule has 1 rings (SSSR count). The quantitative estimate of drug-likeness (QED) is 0.714. The second-order valence-electron chi connectivity index (χ2n) is 5.37. The summed E-state index contributed by atoms with van der Waals surface area (Å²) in [5, 5.41) is 11.9. The maximum absolute atomic E-state index is 12.0. The van der Waals surface area contributed by atoms with Crippen molar-refractivity contribution in [2.24, 2.45) is 5.92 Å². The number of ether oxygens (including phenoxy) is 1. The van der Waals surface area contributed by atoms with Crippen molar-refractivity contribution in [1.29, 1.82) is 0 Å². The van der Waals surface area contributed by atoms with Gasteiger partial charge in [0.2, 0.25) is 0 Å². The van der Waals surface area contributed by atoms with Crippen LogP contribution in [0, 0.1) is 5.92 Å². The Balaban J connectivity index is 2.43. The lowest BCUT2D eigenvalue weighted by atomic mass is 10.1. The molecular formula is C13H24N2O4. The monoisotopic (exact) mass is 272 g/mol. The van der Waals surface area contributed by atoms with Gasteiger partial charge in [0.1, 0.15) is 6.04 Å². The van der Waals surface area contributed by atoms with Crippen LogP contribution in [0.2, 0.25) is 0 Å². The van der Waals surface area contributed by atoms with Crippen LogP contribution in [0.15, 0.2) is 0 Å². The van der Waals surface area contributed by atoms with Gasteiger partial charge in [-0.1, -0.05) is 13.8 Å². The van der Waals surface area contributed by atoms with Gasteiger partial charge in [-0.3, -0.25) is 0 Å². The molecule has 110 valence electrons. The molecule has 0 bridgehead atoms. The van der Waals surface area contributed by atoms with Crippen LogP contribution in [0.5, 0.6) is 0 Å². The molecule has 6 nitrogen and oxygen atoms in total. The van der Waals surface area contributed by atoms with Crippen molar-refractivity contribution >= 4 is 12.0 Å². The van der Waals surface area contributed by atoms with Crippen molar-refractivity contribution in [2.45, 2.75) is 45.3 Å². The van der Waals surface area contributed by atoms with Crippen molar-refractivity contribution in [2.75, 3.05) is 20.2 Å². The first kappa shape index (κ1) is 15.8. The highest BCUT2D eigenvalue weighted by molar-refractivity contribution is 5.83. The van der Waals surface area contributed by atoms with Gasteiger partial charge in [0.25, 0.3) is 0 Å². The average Bonchev–Trinajstić information content (AvgIpc) is 2.78. The van der Waals surface area contributed by atoms with Gasteiger partial charge >= 0.3 is 12.0 Å². The van der Waals surface area contributed by atoms with Gasteiger partial charge in [0.05, 0.1) is 6.10 Å². The molecule has 2 amide bonds. The Hall–Kier alpha value is -1.30. The van der Waals surface area contributed by atoms with Gasteiger partial charge < -0.3 is 20.1 Å². The number of nitrogens with zero attached hydrogens (tertiary/aromatic N) is 1. The number of carbonyl (C=O) groups is 2. The van der Waals surface area contributed by atoms with E-state index in [1.165, 1.54) is 12.0 Å². The molecule has 1 aliphatic rings. The number of likely N-dealkylation sites (tertiary alicyclic amines) is 1. The predicted molar refractivity (Wildman–Crippen MR) is 71.0 cm³/mol. The highest BCUT2D eigenvalue weighted by Gasteiger charge is 2.39. The average molecular weight is 272 g/mol. The molecule has 2 unspecified atom stereocenters. The highest BCUT2D eigenvalue weighted by Crippen LogP contribution is 2.20. The molecule has 6 heteroatoms. The molecule has 0 radical (unpaired) electrons. The van der Waals surface area contributed by atoms with Crippen LogP contribution in [-0.2, 0) is 9.53 Å². The van der Waals surface area contributed by atoms with Crippen molar-refractivity contribution in [3.05, 3.63) is 0 Å². The second kappa shape index (κ2) is 7.33. The van der Waals surface area contributed by atoms with Crippen LogP contribution in [0.3, 0.4) is 0 Å². The predicted octanol–water partition coefficient (Wildman–Crippen LogP) is 1.31. The van der Waals surface area contributed by atoms with E-state index in [0.29, 0.717) is 25.4 Å². The zero-order valence-corrected chi connectivity index (χ0v) is 11.9. The molecule has 0 aliphatic carbocycles. The second-order valence-corrected chi connectivity index (χ2v) is 5.37. The van der Waals surface area contributed by atoms with E-state index in [2.05, 4.69) is 19.2 Å². The number of rotatable bonds is 6. The lowest BCUT2D eigenvalue weighted by Gasteiger charge is -2.21. The molecule has 0 saturated carbocycles. The third-order valence-corrected chi connectivity index (χ3v) is 3.38. The number of carbonyl (C=O) groups excluding carboxylic acids is 1. The molecule has 0 aromatic rings. The SMILES string of the molecule is COC1CC(C(=O)O)N(C(=O)NCCCC(C)C)C1. The van der Waals surface area contributed by atoms with E-state index in [9.17, 15) is 9.59 Å². The summed E-state index contributed by atoms with van der Waals surface area (Å²) >= 11 is 0. The molecule has 0 aromatic heterocycles. The number of methoxy groups -OCH3 is 1. The zero-order chi connectivity index (χ0) is 14.4. The Labute approximate surface area is 114 Å². The fraction of sp³-hybridized carbons (Fsp3) is 0.846. The summed E-state index contributed by atoms with van der Waals surface area (Å²) < 4.78 is 5.14. The number of carboxylic acids is 1. The van der Waals surface area contributed by atoms with Gasteiger partial charge in [0, 0.05) is 26.6 Å². The van der Waals surface area contributed by atoms with Crippen LogP contribution < -0.4 is 5.32 Å². The largest absolute Gasteiger partial charge is 0.480 e. The number of hydrogen-bond donors (Lipinski definition) is 2. The Morgan fingerprint density at radius 1 is 1.47 bits per heavy atom. The first-order valence-corrected chi connectivity index (χ1v) is 6.75. The molecule has 2 N–H and O–H groups in total. The zero-order valence-electron chi connectivity index (χ0n) is 11.9. The minimum atomic E-state index is -0.975. The standard InChI is InChI=1S/C13H24N2O4/c1-9(2)5-4-6-14-13(18)15-8-10(19-3)7-11(15)12(16)17/h9-11H,4-8H2,1-3H3,(H,14,18)(H,16,17). The third-order valence-electron chi connectivity index (χ3n) is 3.38. The van der Waals surface area contributed by atoms with Crippen molar-refractivity contribution in [3.8, 4) is 0 Å². The van der Waals surface area contributed by atoms with Crippen LogP contribution in [0.25, 0.3) is 0 Å². The Bertz CT molecular complexity index is 320. The molecule has 1 heterocycles. The van der Waals surface area contributed by atoms with Crippen LogP contribution >= 0.6 is 0 Å². The summed E-state index contributed by atoms with van der Waals surface area (Å²) in [5.41, 5.74) is 0. The normalized spacial score (nSPS) is 22.8. The molecular weight excluding hydrogens is 248 g/mol. The molecule has 2 atom stereocenters.